The van der Waals surface area contributed by atoms with Crippen molar-refractivity contribution in [2.24, 2.45) is 5.92 Å². The highest BCUT2D eigenvalue weighted by Gasteiger charge is 2.18. The van der Waals surface area contributed by atoms with Crippen LogP contribution in [0.15, 0.2) is 42.5 Å². The van der Waals surface area contributed by atoms with Gasteiger partial charge in [-0.05, 0) is 30.2 Å². The third-order valence-corrected chi connectivity index (χ3v) is 3.66. The Morgan fingerprint density at radius 2 is 1.91 bits per heavy atom. The third kappa shape index (κ3) is 2.41. The van der Waals surface area contributed by atoms with Crippen molar-refractivity contribution >= 4 is 11.0 Å². The molecule has 114 valence electrons. The van der Waals surface area contributed by atoms with Crippen LogP contribution in [0.5, 0.6) is 11.5 Å². The van der Waals surface area contributed by atoms with Gasteiger partial charge in [0.1, 0.15) is 5.82 Å². The topological polar surface area (TPSA) is 47.3 Å². The van der Waals surface area contributed by atoms with Crippen molar-refractivity contribution in [3.8, 4) is 22.9 Å². The van der Waals surface area contributed by atoms with Crippen LogP contribution in [0, 0.1) is 5.92 Å². The summed E-state index contributed by atoms with van der Waals surface area (Å²) in [7, 11) is 1.55. The Balaban J connectivity index is 2.26. The van der Waals surface area contributed by atoms with Gasteiger partial charge in [-0.2, -0.15) is 0 Å². The number of phenolic OH excluding ortho intramolecular Hbond substituents is 1. The van der Waals surface area contributed by atoms with Gasteiger partial charge in [0.05, 0.1) is 23.7 Å². The first kappa shape index (κ1) is 14.4. The van der Waals surface area contributed by atoms with E-state index in [9.17, 15) is 5.11 Å². The zero-order chi connectivity index (χ0) is 15.7. The number of ether oxygens (including phenoxy) is 1. The van der Waals surface area contributed by atoms with E-state index in [0.29, 0.717) is 17.2 Å². The molecule has 22 heavy (non-hydrogen) atoms. The highest BCUT2D eigenvalue weighted by atomic mass is 16.5. The second-order valence-electron chi connectivity index (χ2n) is 5.79. The molecule has 0 spiro atoms. The first-order valence-electron chi connectivity index (χ1n) is 7.43. The fraction of sp³-hybridized carbons (Fsp3) is 0.278. The molecule has 0 amide bonds. The summed E-state index contributed by atoms with van der Waals surface area (Å²) in [5.74, 6) is 1.83. The molecule has 0 saturated heterocycles. The summed E-state index contributed by atoms with van der Waals surface area (Å²) >= 11 is 0. The fourth-order valence-electron chi connectivity index (χ4n) is 2.70. The molecule has 0 fully saturated rings. The quantitative estimate of drug-likeness (QED) is 0.789. The molecule has 4 heteroatoms. The van der Waals surface area contributed by atoms with Crippen LogP contribution in [0.2, 0.25) is 0 Å². The molecular weight excluding hydrogens is 276 g/mol. The SMILES string of the molecule is COc1cccc(-c2nc3ccccc3n2CC(C)C)c1O. The molecule has 4 nitrogen and oxygen atoms in total. The number of aromatic hydroxyl groups is 1. The Bertz CT molecular complexity index is 806. The number of hydrogen-bond donors (Lipinski definition) is 1. The van der Waals surface area contributed by atoms with Crippen molar-refractivity contribution in [2.45, 2.75) is 20.4 Å². The smallest absolute Gasteiger partial charge is 0.168 e. The van der Waals surface area contributed by atoms with Crippen LogP contribution in [0.1, 0.15) is 13.8 Å². The minimum absolute atomic E-state index is 0.130. The van der Waals surface area contributed by atoms with E-state index < -0.39 is 0 Å². The van der Waals surface area contributed by atoms with Crippen molar-refractivity contribution in [1.29, 1.82) is 0 Å². The van der Waals surface area contributed by atoms with Gasteiger partial charge in [-0.25, -0.2) is 4.98 Å². The highest BCUT2D eigenvalue weighted by molar-refractivity contribution is 5.82. The number of phenols is 1. The van der Waals surface area contributed by atoms with Gasteiger partial charge in [-0.1, -0.05) is 32.0 Å². The standard InChI is InChI=1S/C18H20N2O2/c1-12(2)11-20-15-9-5-4-8-14(15)19-18(20)13-7-6-10-16(22-3)17(13)21/h4-10,12,21H,11H2,1-3H3. The van der Waals surface area contributed by atoms with E-state index in [1.54, 1.807) is 13.2 Å². The van der Waals surface area contributed by atoms with Gasteiger partial charge in [0.2, 0.25) is 0 Å². The van der Waals surface area contributed by atoms with Gasteiger partial charge in [-0.15, -0.1) is 0 Å². The molecule has 0 saturated carbocycles. The lowest BCUT2D eigenvalue weighted by Crippen LogP contribution is -2.06. The molecule has 3 aromatic rings. The number of benzene rings is 2. The van der Waals surface area contributed by atoms with Crippen LogP contribution in [0.4, 0.5) is 0 Å². The summed E-state index contributed by atoms with van der Waals surface area (Å²) in [6, 6.07) is 13.5. The van der Waals surface area contributed by atoms with Crippen LogP contribution in [-0.2, 0) is 6.54 Å². The lowest BCUT2D eigenvalue weighted by atomic mass is 10.1. The zero-order valence-corrected chi connectivity index (χ0v) is 13.1. The van der Waals surface area contributed by atoms with Crippen LogP contribution in [0.25, 0.3) is 22.4 Å². The molecule has 2 aromatic carbocycles. The lowest BCUT2D eigenvalue weighted by molar-refractivity contribution is 0.374. The first-order valence-corrected chi connectivity index (χ1v) is 7.43. The van der Waals surface area contributed by atoms with Gasteiger partial charge in [0.25, 0.3) is 0 Å². The maximum Gasteiger partial charge on any atom is 0.168 e. The minimum Gasteiger partial charge on any atom is -0.504 e. The number of imidazole rings is 1. The van der Waals surface area contributed by atoms with Crippen molar-refractivity contribution in [3.63, 3.8) is 0 Å². The van der Waals surface area contributed by atoms with E-state index in [1.165, 1.54) is 0 Å². The summed E-state index contributed by atoms with van der Waals surface area (Å²) in [5, 5.41) is 10.4. The lowest BCUT2D eigenvalue weighted by Gasteiger charge is -2.13. The van der Waals surface area contributed by atoms with Crippen molar-refractivity contribution < 1.29 is 9.84 Å². The summed E-state index contributed by atoms with van der Waals surface area (Å²) in [6.07, 6.45) is 0. The number of hydrogen-bond acceptors (Lipinski definition) is 3. The molecule has 0 atom stereocenters. The van der Waals surface area contributed by atoms with Gasteiger partial charge in [0.15, 0.2) is 11.5 Å². The average molecular weight is 296 g/mol. The van der Waals surface area contributed by atoms with E-state index in [-0.39, 0.29) is 5.75 Å². The second-order valence-corrected chi connectivity index (χ2v) is 5.79. The molecule has 0 aliphatic carbocycles. The molecule has 0 radical (unpaired) electrons. The van der Waals surface area contributed by atoms with Gasteiger partial charge < -0.3 is 14.4 Å². The van der Waals surface area contributed by atoms with Crippen LogP contribution in [-0.4, -0.2) is 21.8 Å². The normalized spacial score (nSPS) is 11.3. The number of nitrogens with zero attached hydrogens (tertiary/aromatic N) is 2. The van der Waals surface area contributed by atoms with E-state index in [4.69, 9.17) is 9.72 Å². The van der Waals surface area contributed by atoms with E-state index >= 15 is 0 Å². The molecule has 1 heterocycles. The van der Waals surface area contributed by atoms with E-state index in [0.717, 1.165) is 23.4 Å². The second kappa shape index (κ2) is 5.72. The molecule has 0 bridgehead atoms. The predicted octanol–water partition coefficient (Wildman–Crippen LogP) is 4.07. The summed E-state index contributed by atoms with van der Waals surface area (Å²) in [4.78, 5) is 4.72. The molecule has 0 aliphatic rings. The van der Waals surface area contributed by atoms with Crippen LogP contribution >= 0.6 is 0 Å². The Kier molecular flexibility index (Phi) is 3.75. The number of aromatic nitrogens is 2. The van der Waals surface area contributed by atoms with Crippen molar-refractivity contribution in [2.75, 3.05) is 7.11 Å². The van der Waals surface area contributed by atoms with Crippen LogP contribution < -0.4 is 4.74 Å². The molecule has 0 unspecified atom stereocenters. The number of para-hydroxylation sites is 3. The zero-order valence-electron chi connectivity index (χ0n) is 13.1. The summed E-state index contributed by atoms with van der Waals surface area (Å²) in [6.45, 7) is 5.18. The Morgan fingerprint density at radius 3 is 2.64 bits per heavy atom. The van der Waals surface area contributed by atoms with Crippen molar-refractivity contribution in [3.05, 3.63) is 42.5 Å². The fourth-order valence-corrected chi connectivity index (χ4v) is 2.70. The highest BCUT2D eigenvalue weighted by Crippen LogP contribution is 2.37. The molecular formula is C18H20N2O2. The maximum atomic E-state index is 10.4. The Labute approximate surface area is 130 Å². The van der Waals surface area contributed by atoms with Gasteiger partial charge >= 0.3 is 0 Å². The summed E-state index contributed by atoms with van der Waals surface area (Å²) in [5.41, 5.74) is 2.70. The minimum atomic E-state index is 0.130. The maximum absolute atomic E-state index is 10.4. The number of rotatable bonds is 4. The Hall–Kier alpha value is -2.49. The number of methoxy groups -OCH3 is 1. The average Bonchev–Trinajstić information content (AvgIpc) is 2.86. The van der Waals surface area contributed by atoms with Gasteiger partial charge in [-0.3, -0.25) is 0 Å². The van der Waals surface area contributed by atoms with Crippen LogP contribution in [0.3, 0.4) is 0 Å². The molecule has 1 aromatic heterocycles. The molecule has 3 rings (SSSR count). The van der Waals surface area contributed by atoms with E-state index in [1.807, 2.05) is 30.3 Å². The predicted molar refractivity (Wildman–Crippen MR) is 88.2 cm³/mol. The first-order chi connectivity index (χ1) is 10.6. The summed E-state index contributed by atoms with van der Waals surface area (Å²) < 4.78 is 7.38. The molecule has 1 N–H and O–H groups in total. The monoisotopic (exact) mass is 296 g/mol. The number of fused-ring (bicyclic) bond motifs is 1. The van der Waals surface area contributed by atoms with Crippen molar-refractivity contribution in [1.82, 2.24) is 9.55 Å². The largest absolute Gasteiger partial charge is 0.504 e. The molecule has 0 aliphatic heterocycles. The van der Waals surface area contributed by atoms with E-state index in [2.05, 4.69) is 24.5 Å². The Morgan fingerprint density at radius 1 is 1.14 bits per heavy atom. The third-order valence-electron chi connectivity index (χ3n) is 3.66. The van der Waals surface area contributed by atoms with Gasteiger partial charge in [0, 0.05) is 6.54 Å².